The second-order valence-electron chi connectivity index (χ2n) is 8.73. The summed E-state index contributed by atoms with van der Waals surface area (Å²) >= 11 is 0. The van der Waals surface area contributed by atoms with Crippen LogP contribution in [0.25, 0.3) is 0 Å². The summed E-state index contributed by atoms with van der Waals surface area (Å²) in [6.07, 6.45) is 18.4. The predicted molar refractivity (Wildman–Crippen MR) is 135 cm³/mol. The average Bonchev–Trinajstić information content (AvgIpc) is 2.74. The zero-order chi connectivity index (χ0) is 22.8. The maximum Gasteiger partial charge on any atom is 0.320 e. The molecular formula is C25H48NO3P. The number of hydrogen-bond acceptors (Lipinski definition) is 3. The molecule has 0 aliphatic carbocycles. The van der Waals surface area contributed by atoms with Crippen LogP contribution >= 0.6 is 7.26 Å². The first-order chi connectivity index (χ1) is 14.3. The van der Waals surface area contributed by atoms with E-state index in [1.807, 2.05) is 0 Å². The second kappa shape index (κ2) is 17.5. The minimum atomic E-state index is -1.02. The van der Waals surface area contributed by atoms with Crippen molar-refractivity contribution in [1.82, 2.24) is 0 Å². The SMILES string of the molecule is CCCC[PH](CCCC)(CCCC)CCCC.N[C@@H](Cc1ccc(O)cc1)C(=O)O. The molecule has 0 spiro atoms. The third-order valence-electron chi connectivity index (χ3n) is 5.95. The van der Waals surface area contributed by atoms with E-state index in [2.05, 4.69) is 27.7 Å². The topological polar surface area (TPSA) is 83.5 Å². The smallest absolute Gasteiger partial charge is 0.320 e. The molecule has 0 heterocycles. The van der Waals surface area contributed by atoms with Crippen LogP contribution in [0.1, 0.15) is 84.6 Å². The number of phenolic OH excluding ortho intramolecular Hbond substituents is 1. The minimum Gasteiger partial charge on any atom is -0.508 e. The van der Waals surface area contributed by atoms with Gasteiger partial charge < -0.3 is 15.9 Å². The summed E-state index contributed by atoms with van der Waals surface area (Å²) in [5.41, 5.74) is 6.12. The Morgan fingerprint density at radius 2 is 1.20 bits per heavy atom. The molecule has 0 aliphatic heterocycles. The molecule has 4 nitrogen and oxygen atoms in total. The first-order valence-electron chi connectivity index (χ1n) is 12.1. The molecule has 0 bridgehead atoms. The Balaban J connectivity index is 0.000000579. The van der Waals surface area contributed by atoms with Crippen molar-refractivity contribution in [2.45, 2.75) is 91.5 Å². The molecule has 0 saturated heterocycles. The fourth-order valence-corrected chi connectivity index (χ4v) is 9.84. The van der Waals surface area contributed by atoms with Gasteiger partial charge in [-0.15, -0.1) is 0 Å². The monoisotopic (exact) mass is 441 g/mol. The quantitative estimate of drug-likeness (QED) is 0.280. The number of hydrogen-bond donors (Lipinski definition) is 3. The molecule has 0 fully saturated rings. The van der Waals surface area contributed by atoms with Crippen LogP contribution in [0.5, 0.6) is 5.75 Å². The molecular weight excluding hydrogens is 393 g/mol. The van der Waals surface area contributed by atoms with E-state index in [-0.39, 0.29) is 12.2 Å². The maximum absolute atomic E-state index is 10.4. The third-order valence-corrected chi connectivity index (χ3v) is 11.6. The van der Waals surface area contributed by atoms with Crippen LogP contribution in [0, 0.1) is 0 Å². The number of carbonyl (C=O) groups is 1. The Morgan fingerprint density at radius 3 is 1.50 bits per heavy atom. The summed E-state index contributed by atoms with van der Waals surface area (Å²) in [6.45, 7) is 9.44. The van der Waals surface area contributed by atoms with E-state index in [1.165, 1.54) is 63.5 Å². The van der Waals surface area contributed by atoms with Crippen molar-refractivity contribution >= 4 is 13.2 Å². The molecule has 4 N–H and O–H groups in total. The van der Waals surface area contributed by atoms with E-state index in [0.717, 1.165) is 5.56 Å². The first kappa shape index (κ1) is 28.9. The van der Waals surface area contributed by atoms with Crippen LogP contribution < -0.4 is 5.73 Å². The van der Waals surface area contributed by atoms with Gasteiger partial charge in [0.15, 0.2) is 0 Å². The Kier molecular flexibility index (Phi) is 16.9. The zero-order valence-electron chi connectivity index (χ0n) is 20.0. The first-order valence-corrected chi connectivity index (χ1v) is 14.9. The van der Waals surface area contributed by atoms with Gasteiger partial charge in [0.05, 0.1) is 0 Å². The number of phenols is 1. The summed E-state index contributed by atoms with van der Waals surface area (Å²) in [5.74, 6) is -0.860. The Bertz CT molecular complexity index is 510. The van der Waals surface area contributed by atoms with Crippen molar-refractivity contribution in [2.75, 3.05) is 24.6 Å². The van der Waals surface area contributed by atoms with Crippen LogP contribution in [-0.4, -0.2) is 46.9 Å². The molecule has 176 valence electrons. The molecule has 0 saturated carbocycles. The van der Waals surface area contributed by atoms with E-state index >= 15 is 0 Å². The number of nitrogens with two attached hydrogens (primary N) is 1. The fourth-order valence-electron chi connectivity index (χ4n) is 3.93. The average molecular weight is 442 g/mol. The van der Waals surface area contributed by atoms with Crippen LogP contribution in [0.15, 0.2) is 24.3 Å². The number of aliphatic carboxylic acids is 1. The number of unbranched alkanes of at least 4 members (excludes halogenated alkanes) is 4. The van der Waals surface area contributed by atoms with Crippen molar-refractivity contribution in [1.29, 1.82) is 0 Å². The van der Waals surface area contributed by atoms with Gasteiger partial charge in [0.2, 0.25) is 0 Å². The van der Waals surface area contributed by atoms with E-state index in [9.17, 15) is 4.79 Å². The van der Waals surface area contributed by atoms with E-state index in [4.69, 9.17) is 15.9 Å². The van der Waals surface area contributed by atoms with Crippen molar-refractivity contribution in [3.05, 3.63) is 29.8 Å². The standard InChI is InChI=1S/C16H37P.C9H11NO3/c1-5-9-13-17(14-10-6-2,15-11-7-3)16-12-8-4;10-8(9(12)13)5-6-1-3-7(11)4-2-6/h17H,5-16H2,1-4H3;1-4,8,11H,5,10H2,(H,12,13)/t;8-/m.0/s1. The van der Waals surface area contributed by atoms with E-state index in [0.29, 0.717) is 0 Å². The normalized spacial score (nSPS) is 12.7. The van der Waals surface area contributed by atoms with E-state index < -0.39 is 19.3 Å². The fraction of sp³-hybridized carbons (Fsp3) is 0.720. The van der Waals surface area contributed by atoms with Gasteiger partial charge in [0, 0.05) is 0 Å². The predicted octanol–water partition coefficient (Wildman–Crippen LogP) is 6.28. The Labute approximate surface area is 186 Å². The van der Waals surface area contributed by atoms with Gasteiger partial charge >= 0.3 is 117 Å². The molecule has 0 aliphatic rings. The molecule has 0 unspecified atom stereocenters. The zero-order valence-corrected chi connectivity index (χ0v) is 21.0. The van der Waals surface area contributed by atoms with Gasteiger partial charge in [-0.05, 0) is 24.1 Å². The maximum atomic E-state index is 10.4. The number of benzene rings is 1. The van der Waals surface area contributed by atoms with Gasteiger partial charge in [-0.1, -0.05) is 12.1 Å². The van der Waals surface area contributed by atoms with Crippen LogP contribution in [-0.2, 0) is 11.2 Å². The van der Waals surface area contributed by atoms with Gasteiger partial charge in [-0.3, -0.25) is 4.79 Å². The van der Waals surface area contributed by atoms with E-state index in [1.54, 1.807) is 36.8 Å². The van der Waals surface area contributed by atoms with Crippen molar-refractivity contribution in [3.63, 3.8) is 0 Å². The van der Waals surface area contributed by atoms with Crippen molar-refractivity contribution in [2.24, 2.45) is 5.73 Å². The third kappa shape index (κ3) is 13.2. The summed E-state index contributed by atoms with van der Waals surface area (Å²) < 4.78 is 0. The second-order valence-corrected chi connectivity index (χ2v) is 13.7. The molecule has 1 aromatic rings. The molecule has 0 radical (unpaired) electrons. The number of carboxylic acid groups (broad SMARTS) is 1. The summed E-state index contributed by atoms with van der Waals surface area (Å²) in [5, 5.41) is 17.5. The van der Waals surface area contributed by atoms with Crippen molar-refractivity contribution in [3.8, 4) is 5.75 Å². The van der Waals surface area contributed by atoms with Gasteiger partial charge in [-0.2, -0.15) is 0 Å². The largest absolute Gasteiger partial charge is 0.508 e. The molecule has 1 rings (SSSR count). The Hall–Kier alpha value is -1.12. The molecule has 0 aromatic heterocycles. The van der Waals surface area contributed by atoms with Gasteiger partial charge in [0.1, 0.15) is 11.8 Å². The van der Waals surface area contributed by atoms with Crippen LogP contribution in [0.4, 0.5) is 0 Å². The van der Waals surface area contributed by atoms with Crippen molar-refractivity contribution < 1.29 is 15.0 Å². The number of rotatable bonds is 15. The van der Waals surface area contributed by atoms with Gasteiger partial charge in [0.25, 0.3) is 0 Å². The summed E-state index contributed by atoms with van der Waals surface area (Å²) in [7, 11) is -0.879. The molecule has 5 heteroatoms. The summed E-state index contributed by atoms with van der Waals surface area (Å²) in [6, 6.07) is 5.42. The number of carboxylic acids is 1. The minimum absolute atomic E-state index is 0.160. The molecule has 0 amide bonds. The van der Waals surface area contributed by atoms with Crippen LogP contribution in [0.3, 0.4) is 0 Å². The molecule has 30 heavy (non-hydrogen) atoms. The molecule has 1 aromatic carbocycles. The summed E-state index contributed by atoms with van der Waals surface area (Å²) in [4.78, 5) is 10.4. The molecule has 1 atom stereocenters. The van der Waals surface area contributed by atoms with Gasteiger partial charge in [-0.25, -0.2) is 0 Å². The number of aromatic hydroxyl groups is 1. The Morgan fingerprint density at radius 1 is 0.833 bits per heavy atom. The van der Waals surface area contributed by atoms with Crippen LogP contribution in [0.2, 0.25) is 0 Å².